The first-order chi connectivity index (χ1) is 11.8. The van der Waals surface area contributed by atoms with Gasteiger partial charge in [0.2, 0.25) is 5.91 Å². The van der Waals surface area contributed by atoms with Crippen LogP contribution >= 0.6 is 0 Å². The van der Waals surface area contributed by atoms with Crippen LogP contribution in [-0.2, 0) is 9.53 Å². The van der Waals surface area contributed by atoms with E-state index >= 15 is 0 Å². The van der Waals surface area contributed by atoms with Crippen molar-refractivity contribution in [1.29, 1.82) is 0 Å². The summed E-state index contributed by atoms with van der Waals surface area (Å²) in [6.07, 6.45) is 2.37. The molecular weight excluding hydrogens is 324 g/mol. The second kappa shape index (κ2) is 5.50. The summed E-state index contributed by atoms with van der Waals surface area (Å²) in [5, 5.41) is 3.19. The van der Waals surface area contributed by atoms with Gasteiger partial charge < -0.3 is 10.1 Å². The number of benzene rings is 1. The van der Waals surface area contributed by atoms with Crippen LogP contribution in [0, 0.1) is 34.3 Å². The van der Waals surface area contributed by atoms with Crippen molar-refractivity contribution in [2.24, 2.45) is 22.7 Å². The maximum Gasteiger partial charge on any atom is 0.217 e. The predicted octanol–water partition coefficient (Wildman–Crippen LogP) is 3.98. The molecule has 25 heavy (non-hydrogen) atoms. The molecule has 1 amide bonds. The molecule has 0 aromatic heterocycles. The molecule has 1 aromatic rings. The summed E-state index contributed by atoms with van der Waals surface area (Å²) in [5.74, 6) is -1.10. The first kappa shape index (κ1) is 17.0. The molecule has 2 saturated carbocycles. The van der Waals surface area contributed by atoms with Crippen LogP contribution < -0.4 is 5.32 Å². The fraction of sp³-hybridized carbons (Fsp3) is 0.650. The molecule has 0 radical (unpaired) electrons. The average Bonchev–Trinajstić information content (AvgIpc) is 3.03. The number of ether oxygens (including phenoxy) is 1. The Morgan fingerprint density at radius 1 is 1.32 bits per heavy atom. The number of hydrogen-bond acceptors (Lipinski definition) is 2. The van der Waals surface area contributed by atoms with Gasteiger partial charge in [-0.05, 0) is 48.0 Å². The molecule has 5 atom stereocenters. The maximum absolute atomic E-state index is 14.4. The number of carbonyl (C=O) groups is 1. The van der Waals surface area contributed by atoms with E-state index < -0.39 is 17.7 Å². The molecule has 1 aliphatic heterocycles. The van der Waals surface area contributed by atoms with Crippen LogP contribution in [0.1, 0.15) is 51.7 Å². The van der Waals surface area contributed by atoms with Crippen LogP contribution in [0.15, 0.2) is 18.2 Å². The van der Waals surface area contributed by atoms with Crippen molar-refractivity contribution in [3.05, 3.63) is 35.4 Å². The zero-order chi connectivity index (χ0) is 18.0. The monoisotopic (exact) mass is 349 g/mol. The van der Waals surface area contributed by atoms with Gasteiger partial charge in [0.15, 0.2) is 11.6 Å². The van der Waals surface area contributed by atoms with Crippen molar-refractivity contribution in [2.45, 2.75) is 52.2 Å². The Morgan fingerprint density at radius 2 is 2.08 bits per heavy atom. The normalized spacial score (nSPS) is 38.4. The highest BCUT2D eigenvalue weighted by Crippen LogP contribution is 2.70. The number of rotatable bonds is 2. The van der Waals surface area contributed by atoms with Crippen molar-refractivity contribution < 1.29 is 18.3 Å². The van der Waals surface area contributed by atoms with Gasteiger partial charge in [-0.15, -0.1) is 0 Å². The number of hydrogen-bond donors (Lipinski definition) is 1. The molecule has 5 heteroatoms. The third-order valence-corrected chi connectivity index (χ3v) is 7.14. The smallest absolute Gasteiger partial charge is 0.217 e. The summed E-state index contributed by atoms with van der Waals surface area (Å²) in [5.41, 5.74) is 0.225. The minimum absolute atomic E-state index is 0.00451. The quantitative estimate of drug-likeness (QED) is 0.877. The molecule has 1 spiro atoms. The summed E-state index contributed by atoms with van der Waals surface area (Å²) in [6.45, 7) is 6.50. The van der Waals surface area contributed by atoms with Gasteiger partial charge in [0, 0.05) is 25.1 Å². The second-order valence-electron chi connectivity index (χ2n) is 8.62. The van der Waals surface area contributed by atoms with Crippen molar-refractivity contribution in [2.75, 3.05) is 6.61 Å². The predicted molar refractivity (Wildman–Crippen MR) is 89.7 cm³/mol. The van der Waals surface area contributed by atoms with Crippen molar-refractivity contribution >= 4 is 5.91 Å². The standard InChI is InChI=1S/C20H25F2NO2/c1-11(24)23-18-19(2,3)12-9-14-17(25-8-7-20(14,18)10-12)13-5-4-6-15(21)16(13)22/h4-6,12,14,17-18H,7-10H2,1-3H3,(H,23,24)/t12-,14-,17-,18+,20?/m1/s1. The van der Waals surface area contributed by atoms with Crippen LogP contribution in [0.25, 0.3) is 0 Å². The van der Waals surface area contributed by atoms with Crippen molar-refractivity contribution in [3.8, 4) is 0 Å². The van der Waals surface area contributed by atoms with Gasteiger partial charge in [-0.1, -0.05) is 26.0 Å². The largest absolute Gasteiger partial charge is 0.373 e. The molecule has 1 unspecified atom stereocenters. The molecule has 1 aromatic carbocycles. The Labute approximate surface area is 147 Å². The van der Waals surface area contributed by atoms with Crippen LogP contribution in [0.3, 0.4) is 0 Å². The highest BCUT2D eigenvalue weighted by molar-refractivity contribution is 5.73. The van der Waals surface area contributed by atoms with E-state index in [9.17, 15) is 13.6 Å². The third-order valence-electron chi connectivity index (χ3n) is 7.14. The van der Waals surface area contributed by atoms with E-state index in [4.69, 9.17) is 4.74 Å². The number of halogens is 2. The number of fused-ring (bicyclic) bond motifs is 1. The van der Waals surface area contributed by atoms with E-state index in [0.29, 0.717) is 18.1 Å². The van der Waals surface area contributed by atoms with E-state index in [0.717, 1.165) is 25.3 Å². The highest BCUT2D eigenvalue weighted by Gasteiger charge is 2.68. The number of amides is 1. The molecule has 1 N–H and O–H groups in total. The van der Waals surface area contributed by atoms with E-state index in [1.54, 1.807) is 19.1 Å². The van der Waals surface area contributed by atoms with E-state index in [1.165, 1.54) is 0 Å². The highest BCUT2D eigenvalue weighted by atomic mass is 19.2. The lowest BCUT2D eigenvalue weighted by atomic mass is 9.59. The van der Waals surface area contributed by atoms with Gasteiger partial charge >= 0.3 is 0 Å². The van der Waals surface area contributed by atoms with Gasteiger partial charge in [0.05, 0.1) is 6.10 Å². The van der Waals surface area contributed by atoms with Crippen LogP contribution in [0.5, 0.6) is 0 Å². The Bertz CT molecular complexity index is 720. The lowest BCUT2D eigenvalue weighted by Crippen LogP contribution is -2.58. The zero-order valence-electron chi connectivity index (χ0n) is 14.9. The van der Waals surface area contributed by atoms with Crippen LogP contribution in [-0.4, -0.2) is 18.6 Å². The molecule has 3 nitrogen and oxygen atoms in total. The molecule has 4 rings (SSSR count). The molecule has 2 aliphatic carbocycles. The molecule has 3 aliphatic rings. The molecular formula is C20H25F2NO2. The minimum atomic E-state index is -0.831. The zero-order valence-corrected chi connectivity index (χ0v) is 14.9. The van der Waals surface area contributed by atoms with E-state index in [2.05, 4.69) is 19.2 Å². The van der Waals surface area contributed by atoms with Crippen molar-refractivity contribution in [3.63, 3.8) is 0 Å². The van der Waals surface area contributed by atoms with Gasteiger partial charge in [0.1, 0.15) is 0 Å². The van der Waals surface area contributed by atoms with Crippen LogP contribution in [0.2, 0.25) is 0 Å². The molecule has 136 valence electrons. The second-order valence-corrected chi connectivity index (χ2v) is 8.62. The Morgan fingerprint density at radius 3 is 2.80 bits per heavy atom. The molecule has 2 bridgehead atoms. The summed E-state index contributed by atoms with van der Waals surface area (Å²) < 4.78 is 34.1. The third kappa shape index (κ3) is 2.28. The summed E-state index contributed by atoms with van der Waals surface area (Å²) in [4.78, 5) is 11.8. The van der Waals surface area contributed by atoms with Crippen LogP contribution in [0.4, 0.5) is 8.78 Å². The Hall–Kier alpha value is -1.49. The Balaban J connectivity index is 1.75. The maximum atomic E-state index is 14.4. The summed E-state index contributed by atoms with van der Waals surface area (Å²) in [6, 6.07) is 4.36. The first-order valence-corrected chi connectivity index (χ1v) is 9.10. The van der Waals surface area contributed by atoms with E-state index in [-0.39, 0.29) is 28.7 Å². The topological polar surface area (TPSA) is 38.3 Å². The van der Waals surface area contributed by atoms with Crippen molar-refractivity contribution in [1.82, 2.24) is 5.32 Å². The van der Waals surface area contributed by atoms with Gasteiger partial charge in [-0.3, -0.25) is 4.79 Å². The fourth-order valence-electron chi connectivity index (χ4n) is 6.04. The van der Waals surface area contributed by atoms with E-state index in [1.807, 2.05) is 0 Å². The average molecular weight is 349 g/mol. The van der Waals surface area contributed by atoms with Gasteiger partial charge in [-0.25, -0.2) is 8.78 Å². The summed E-state index contributed by atoms with van der Waals surface area (Å²) in [7, 11) is 0. The lowest BCUT2D eigenvalue weighted by molar-refractivity contribution is -0.136. The molecule has 1 saturated heterocycles. The Kier molecular flexibility index (Phi) is 3.73. The summed E-state index contributed by atoms with van der Waals surface area (Å²) >= 11 is 0. The first-order valence-electron chi connectivity index (χ1n) is 9.10. The fourth-order valence-corrected chi connectivity index (χ4v) is 6.04. The van der Waals surface area contributed by atoms with Gasteiger partial charge in [0.25, 0.3) is 0 Å². The molecule has 1 heterocycles. The SMILES string of the molecule is CC(=O)N[C@H]1C(C)(C)[C@@H]2C[C@@H]3[C@@H](c4cccc(F)c4F)OCCC31C2. The lowest BCUT2D eigenvalue weighted by Gasteiger charge is -2.53. The number of nitrogens with one attached hydrogen (secondary N) is 1. The number of carbonyl (C=O) groups excluding carboxylic acids is 1. The minimum Gasteiger partial charge on any atom is -0.373 e. The molecule has 3 fully saturated rings. The van der Waals surface area contributed by atoms with Gasteiger partial charge in [-0.2, -0.15) is 0 Å².